The van der Waals surface area contributed by atoms with Crippen LogP contribution in [0.25, 0.3) is 0 Å². The van der Waals surface area contributed by atoms with E-state index in [1.54, 1.807) is 0 Å². The second kappa shape index (κ2) is 3.85. The summed E-state index contributed by atoms with van der Waals surface area (Å²) in [6.07, 6.45) is 2.50. The summed E-state index contributed by atoms with van der Waals surface area (Å²) in [6, 6.07) is 2.53. The Kier molecular flexibility index (Phi) is 2.72. The van der Waals surface area contributed by atoms with E-state index in [0.29, 0.717) is 6.04 Å². The van der Waals surface area contributed by atoms with Crippen molar-refractivity contribution in [1.29, 1.82) is 0 Å². The number of aromatic nitrogens is 2. The third-order valence-electron chi connectivity index (χ3n) is 2.53. The van der Waals surface area contributed by atoms with E-state index in [1.165, 1.54) is 12.8 Å². The molecule has 1 N–H and O–H groups in total. The number of anilines is 1. The molecule has 2 rings (SSSR count). The van der Waals surface area contributed by atoms with Crippen LogP contribution in [0.5, 0.6) is 0 Å². The maximum Gasteiger partial charge on any atom is 0.131 e. The Morgan fingerprint density at radius 3 is 2.71 bits per heavy atom. The minimum absolute atomic E-state index is 0.603. The number of rotatable bonds is 2. The summed E-state index contributed by atoms with van der Waals surface area (Å²) in [7, 11) is 0. The average Bonchev–Trinajstić information content (AvgIpc) is 1.99. The molecule has 0 spiro atoms. The van der Waals surface area contributed by atoms with Crippen molar-refractivity contribution in [1.82, 2.24) is 9.97 Å². The van der Waals surface area contributed by atoms with Crippen LogP contribution in [0.1, 0.15) is 25.6 Å². The fourth-order valence-electron chi connectivity index (χ4n) is 1.83. The fraction of sp³-hybridized carbons (Fsp3) is 0.600. The van der Waals surface area contributed by atoms with Gasteiger partial charge in [-0.2, -0.15) is 0 Å². The van der Waals surface area contributed by atoms with Gasteiger partial charge < -0.3 is 5.32 Å². The van der Waals surface area contributed by atoms with Crippen LogP contribution in [0.3, 0.4) is 0 Å². The molecular formula is C10H14BrN3. The predicted molar refractivity (Wildman–Crippen MR) is 60.3 cm³/mol. The summed E-state index contributed by atoms with van der Waals surface area (Å²) in [4.78, 5) is 8.49. The smallest absolute Gasteiger partial charge is 0.131 e. The van der Waals surface area contributed by atoms with Gasteiger partial charge in [-0.05, 0) is 41.6 Å². The molecule has 4 heteroatoms. The number of nitrogens with zero attached hydrogens (tertiary/aromatic N) is 2. The van der Waals surface area contributed by atoms with Gasteiger partial charge in [-0.3, -0.25) is 0 Å². The van der Waals surface area contributed by atoms with Gasteiger partial charge in [0.05, 0.1) is 0 Å². The minimum atomic E-state index is 0.603. The highest BCUT2D eigenvalue weighted by Crippen LogP contribution is 2.29. The van der Waals surface area contributed by atoms with Gasteiger partial charge in [0.15, 0.2) is 0 Å². The summed E-state index contributed by atoms with van der Waals surface area (Å²) in [5.41, 5.74) is 0. The first-order valence-electron chi connectivity index (χ1n) is 4.91. The van der Waals surface area contributed by atoms with E-state index in [2.05, 4.69) is 38.1 Å². The number of nitrogens with one attached hydrogen (secondary N) is 1. The van der Waals surface area contributed by atoms with Crippen molar-refractivity contribution in [3.63, 3.8) is 0 Å². The van der Waals surface area contributed by atoms with Crippen molar-refractivity contribution in [2.75, 3.05) is 5.32 Å². The van der Waals surface area contributed by atoms with Gasteiger partial charge in [0.25, 0.3) is 0 Å². The van der Waals surface area contributed by atoms with E-state index in [4.69, 9.17) is 0 Å². The molecule has 1 fully saturated rings. The Balaban J connectivity index is 2.02. The molecule has 0 aromatic carbocycles. The second-order valence-corrected chi connectivity index (χ2v) is 4.85. The highest BCUT2D eigenvalue weighted by molar-refractivity contribution is 9.10. The van der Waals surface area contributed by atoms with Gasteiger partial charge in [-0.15, -0.1) is 0 Å². The largest absolute Gasteiger partial charge is 0.367 e. The van der Waals surface area contributed by atoms with Crippen LogP contribution in [-0.2, 0) is 0 Å². The zero-order valence-corrected chi connectivity index (χ0v) is 10.0. The third kappa shape index (κ3) is 2.23. The molecule has 0 radical (unpaired) electrons. The van der Waals surface area contributed by atoms with E-state index in [9.17, 15) is 0 Å². The Hall–Kier alpha value is -0.640. The quantitative estimate of drug-likeness (QED) is 0.827. The predicted octanol–water partition coefficient (Wildman–Crippen LogP) is 2.76. The summed E-state index contributed by atoms with van der Waals surface area (Å²) in [5, 5.41) is 3.41. The molecule has 0 amide bonds. The van der Waals surface area contributed by atoms with Gasteiger partial charge >= 0.3 is 0 Å². The molecule has 76 valence electrons. The molecule has 0 unspecified atom stereocenters. The minimum Gasteiger partial charge on any atom is -0.367 e. The van der Waals surface area contributed by atoms with Gasteiger partial charge in [0.2, 0.25) is 0 Å². The van der Waals surface area contributed by atoms with Gasteiger partial charge in [0.1, 0.15) is 16.2 Å². The van der Waals surface area contributed by atoms with Gasteiger partial charge in [-0.25, -0.2) is 9.97 Å². The lowest BCUT2D eigenvalue weighted by molar-refractivity contribution is 0.308. The zero-order chi connectivity index (χ0) is 10.1. The van der Waals surface area contributed by atoms with Crippen molar-refractivity contribution in [2.24, 2.45) is 5.92 Å². The van der Waals surface area contributed by atoms with Crippen LogP contribution in [0, 0.1) is 12.8 Å². The number of hydrogen-bond acceptors (Lipinski definition) is 3. The SMILES string of the molecule is Cc1nc(Br)cc(NC2CC(C)C2)n1. The number of aryl methyl sites for hydroxylation is 1. The Morgan fingerprint density at radius 2 is 2.14 bits per heavy atom. The second-order valence-electron chi connectivity index (χ2n) is 4.04. The van der Waals surface area contributed by atoms with Gasteiger partial charge in [0, 0.05) is 12.1 Å². The molecule has 3 nitrogen and oxygen atoms in total. The van der Waals surface area contributed by atoms with Crippen molar-refractivity contribution in [3.05, 3.63) is 16.5 Å². The van der Waals surface area contributed by atoms with Crippen LogP contribution in [0.4, 0.5) is 5.82 Å². The van der Waals surface area contributed by atoms with Crippen molar-refractivity contribution in [3.8, 4) is 0 Å². The summed E-state index contributed by atoms with van der Waals surface area (Å²) >= 11 is 3.36. The molecule has 1 saturated carbocycles. The molecule has 0 atom stereocenters. The highest BCUT2D eigenvalue weighted by Gasteiger charge is 2.25. The number of halogens is 1. The molecule has 1 aromatic heterocycles. The van der Waals surface area contributed by atoms with Crippen LogP contribution >= 0.6 is 15.9 Å². The molecular weight excluding hydrogens is 242 g/mol. The summed E-state index contributed by atoms with van der Waals surface area (Å²) < 4.78 is 0.847. The van der Waals surface area contributed by atoms with E-state index in [-0.39, 0.29) is 0 Å². The van der Waals surface area contributed by atoms with Gasteiger partial charge in [-0.1, -0.05) is 6.92 Å². The van der Waals surface area contributed by atoms with Crippen molar-refractivity contribution < 1.29 is 0 Å². The van der Waals surface area contributed by atoms with Crippen molar-refractivity contribution in [2.45, 2.75) is 32.7 Å². The first kappa shape index (κ1) is 9.90. The fourth-order valence-corrected chi connectivity index (χ4v) is 2.31. The molecule has 1 aliphatic rings. The van der Waals surface area contributed by atoms with E-state index >= 15 is 0 Å². The van der Waals surface area contributed by atoms with Crippen LogP contribution in [0.15, 0.2) is 10.7 Å². The Labute approximate surface area is 92.5 Å². The van der Waals surface area contributed by atoms with E-state index < -0.39 is 0 Å². The average molecular weight is 256 g/mol. The molecule has 1 aliphatic carbocycles. The highest BCUT2D eigenvalue weighted by atomic mass is 79.9. The lowest BCUT2D eigenvalue weighted by Crippen LogP contribution is -2.34. The lowest BCUT2D eigenvalue weighted by atomic mass is 9.82. The van der Waals surface area contributed by atoms with Crippen molar-refractivity contribution >= 4 is 21.7 Å². The maximum absolute atomic E-state index is 4.33. The first-order chi connectivity index (χ1) is 6.63. The van der Waals surface area contributed by atoms with Crippen LogP contribution < -0.4 is 5.32 Å². The molecule has 0 aliphatic heterocycles. The molecule has 1 heterocycles. The van der Waals surface area contributed by atoms with E-state index in [1.807, 2.05) is 13.0 Å². The Morgan fingerprint density at radius 1 is 1.43 bits per heavy atom. The first-order valence-corrected chi connectivity index (χ1v) is 5.70. The zero-order valence-electron chi connectivity index (χ0n) is 8.42. The molecule has 0 saturated heterocycles. The molecule has 14 heavy (non-hydrogen) atoms. The van der Waals surface area contributed by atoms with E-state index in [0.717, 1.165) is 22.2 Å². The summed E-state index contributed by atoms with van der Waals surface area (Å²) in [6.45, 7) is 4.18. The number of hydrogen-bond donors (Lipinski definition) is 1. The monoisotopic (exact) mass is 255 g/mol. The standard InChI is InChI=1S/C10H14BrN3/c1-6-3-8(4-6)14-10-5-9(11)12-7(2)13-10/h5-6,8H,3-4H2,1-2H3,(H,12,13,14). The molecule has 1 aromatic rings. The topological polar surface area (TPSA) is 37.8 Å². The summed E-state index contributed by atoms with van der Waals surface area (Å²) in [5.74, 6) is 2.59. The molecule has 0 bridgehead atoms. The van der Waals surface area contributed by atoms with Crippen LogP contribution in [0.2, 0.25) is 0 Å². The lowest BCUT2D eigenvalue weighted by Gasteiger charge is -2.33. The van der Waals surface area contributed by atoms with Crippen LogP contribution in [-0.4, -0.2) is 16.0 Å². The third-order valence-corrected chi connectivity index (χ3v) is 2.94. The maximum atomic E-state index is 4.33. The normalized spacial score (nSPS) is 25.6. The Bertz CT molecular complexity index is 314.